The third-order valence-electron chi connectivity index (χ3n) is 5.05. The summed E-state index contributed by atoms with van der Waals surface area (Å²) in [6, 6.07) is 2.35. The van der Waals surface area contributed by atoms with Crippen molar-refractivity contribution in [2.45, 2.75) is 45.9 Å². The minimum Gasteiger partial charge on any atom is -0.350 e. The molecule has 25 heavy (non-hydrogen) atoms. The number of aromatic nitrogens is 2. The lowest BCUT2D eigenvalue weighted by Gasteiger charge is -2.25. The molecule has 140 valence electrons. The van der Waals surface area contributed by atoms with Crippen LogP contribution in [0.25, 0.3) is 0 Å². The van der Waals surface area contributed by atoms with Crippen molar-refractivity contribution in [3.05, 3.63) is 17.5 Å². The highest BCUT2D eigenvalue weighted by molar-refractivity contribution is 7.88. The van der Waals surface area contributed by atoms with Gasteiger partial charge in [-0.05, 0) is 32.9 Å². The number of sulfonamides is 1. The molecule has 0 spiro atoms. The fourth-order valence-corrected chi connectivity index (χ4v) is 4.24. The van der Waals surface area contributed by atoms with E-state index in [1.54, 1.807) is 0 Å². The first-order valence-corrected chi connectivity index (χ1v) is 10.6. The van der Waals surface area contributed by atoms with Crippen LogP contribution >= 0.6 is 0 Å². The van der Waals surface area contributed by atoms with Crippen LogP contribution in [-0.2, 0) is 34.5 Å². The second kappa shape index (κ2) is 7.05. The van der Waals surface area contributed by atoms with Gasteiger partial charge in [-0.3, -0.25) is 9.48 Å². The van der Waals surface area contributed by atoms with Crippen LogP contribution in [0.1, 0.15) is 31.7 Å². The third kappa shape index (κ3) is 4.21. The zero-order valence-corrected chi connectivity index (χ0v) is 15.9. The summed E-state index contributed by atoms with van der Waals surface area (Å²) in [5, 5.41) is 7.46. The summed E-state index contributed by atoms with van der Waals surface area (Å²) < 4.78 is 26.6. The van der Waals surface area contributed by atoms with Crippen molar-refractivity contribution >= 4 is 15.9 Å². The van der Waals surface area contributed by atoms with Crippen molar-refractivity contribution in [1.29, 1.82) is 0 Å². The minimum absolute atomic E-state index is 0.0420. The number of nitrogens with one attached hydrogen (secondary N) is 1. The number of carbonyl (C=O) groups is 1. The van der Waals surface area contributed by atoms with E-state index in [0.29, 0.717) is 32.2 Å². The van der Waals surface area contributed by atoms with Gasteiger partial charge < -0.3 is 10.2 Å². The molecule has 2 aliphatic heterocycles. The Balaban J connectivity index is 1.55. The number of likely N-dealkylation sites (tertiary alicyclic amines) is 1. The van der Waals surface area contributed by atoms with Crippen molar-refractivity contribution in [1.82, 2.24) is 24.3 Å². The Kier molecular flexibility index (Phi) is 5.17. The van der Waals surface area contributed by atoms with E-state index in [-0.39, 0.29) is 11.8 Å². The number of amides is 1. The lowest BCUT2D eigenvalue weighted by atomic mass is 10.1. The van der Waals surface area contributed by atoms with Gasteiger partial charge in [0.2, 0.25) is 15.9 Å². The van der Waals surface area contributed by atoms with Crippen LogP contribution in [0.4, 0.5) is 0 Å². The average Bonchev–Trinajstić information content (AvgIpc) is 3.17. The van der Waals surface area contributed by atoms with Crippen LogP contribution in [0, 0.1) is 5.92 Å². The summed E-state index contributed by atoms with van der Waals surface area (Å²) in [4.78, 5) is 14.7. The van der Waals surface area contributed by atoms with Crippen LogP contribution in [0.2, 0.25) is 0 Å². The number of nitrogens with zero attached hydrogens (tertiary/aromatic N) is 4. The third-order valence-corrected chi connectivity index (χ3v) is 6.30. The highest BCUT2D eigenvalue weighted by atomic mass is 32.2. The van der Waals surface area contributed by atoms with Gasteiger partial charge in [0.05, 0.1) is 43.2 Å². The first kappa shape index (κ1) is 18.3. The maximum absolute atomic E-state index is 12.4. The molecule has 8 nitrogen and oxygen atoms in total. The Morgan fingerprint density at radius 3 is 2.76 bits per heavy atom. The fourth-order valence-electron chi connectivity index (χ4n) is 3.46. The van der Waals surface area contributed by atoms with Gasteiger partial charge >= 0.3 is 0 Å². The van der Waals surface area contributed by atoms with Gasteiger partial charge in [-0.1, -0.05) is 0 Å². The topological polar surface area (TPSA) is 87.5 Å². The van der Waals surface area contributed by atoms with Crippen molar-refractivity contribution < 1.29 is 13.2 Å². The van der Waals surface area contributed by atoms with E-state index < -0.39 is 10.0 Å². The molecule has 0 bridgehead atoms. The first-order chi connectivity index (χ1) is 11.7. The molecule has 1 aromatic rings. The van der Waals surface area contributed by atoms with Gasteiger partial charge in [0.25, 0.3) is 0 Å². The van der Waals surface area contributed by atoms with Gasteiger partial charge in [0.1, 0.15) is 0 Å². The van der Waals surface area contributed by atoms with Gasteiger partial charge in [0, 0.05) is 19.1 Å². The van der Waals surface area contributed by atoms with Gasteiger partial charge in [0.15, 0.2) is 0 Å². The molecule has 1 amide bonds. The number of hydrogen-bond donors (Lipinski definition) is 1. The predicted molar refractivity (Wildman–Crippen MR) is 94.1 cm³/mol. The quantitative estimate of drug-likeness (QED) is 0.790. The molecule has 0 aromatic carbocycles. The standard InChI is InChI=1S/C16H27N5O3S/c1-12(2)19-5-4-13(10-19)16(22)17-9-14-8-15-11-20(25(3,23)24)6-7-21(15)18-14/h8,12-13H,4-7,9-11H2,1-3H3,(H,17,22)/t13-/m0/s1. The summed E-state index contributed by atoms with van der Waals surface area (Å²) in [6.07, 6.45) is 2.12. The second-order valence-corrected chi connectivity index (χ2v) is 9.22. The molecule has 1 N–H and O–H groups in total. The molecule has 0 aliphatic carbocycles. The monoisotopic (exact) mass is 369 g/mol. The minimum atomic E-state index is -3.19. The Hall–Kier alpha value is -1.45. The second-order valence-electron chi connectivity index (χ2n) is 7.24. The maximum Gasteiger partial charge on any atom is 0.224 e. The van der Waals surface area contributed by atoms with Gasteiger partial charge in [-0.15, -0.1) is 0 Å². The highest BCUT2D eigenvalue weighted by Gasteiger charge is 2.29. The lowest BCUT2D eigenvalue weighted by Crippen LogP contribution is -2.37. The molecule has 1 aromatic heterocycles. The van der Waals surface area contributed by atoms with E-state index in [0.717, 1.165) is 30.9 Å². The Labute approximate surface area is 149 Å². The molecule has 3 heterocycles. The van der Waals surface area contributed by atoms with Crippen LogP contribution < -0.4 is 5.32 Å². The van der Waals surface area contributed by atoms with Crippen LogP contribution in [-0.4, -0.2) is 65.2 Å². The predicted octanol–water partition coefficient (Wildman–Crippen LogP) is 0.00480. The number of rotatable bonds is 5. The van der Waals surface area contributed by atoms with Crippen LogP contribution in [0.3, 0.4) is 0 Å². The van der Waals surface area contributed by atoms with Gasteiger partial charge in [-0.2, -0.15) is 9.40 Å². The fraction of sp³-hybridized carbons (Fsp3) is 0.750. The zero-order valence-electron chi connectivity index (χ0n) is 15.1. The molecule has 9 heteroatoms. The van der Waals surface area contributed by atoms with Crippen LogP contribution in [0.15, 0.2) is 6.07 Å². The van der Waals surface area contributed by atoms with E-state index in [1.165, 1.54) is 10.6 Å². The van der Waals surface area contributed by atoms with E-state index in [1.807, 2.05) is 10.7 Å². The Morgan fingerprint density at radius 1 is 1.36 bits per heavy atom. The number of carbonyl (C=O) groups excluding carboxylic acids is 1. The molecule has 2 aliphatic rings. The van der Waals surface area contributed by atoms with Gasteiger partial charge in [-0.25, -0.2) is 8.42 Å². The molecule has 1 atom stereocenters. The maximum atomic E-state index is 12.4. The van der Waals surface area contributed by atoms with Crippen molar-refractivity contribution in [2.75, 3.05) is 25.9 Å². The molecular weight excluding hydrogens is 342 g/mol. The summed E-state index contributed by atoms with van der Waals surface area (Å²) in [6.45, 7) is 7.78. The smallest absolute Gasteiger partial charge is 0.224 e. The normalized spacial score (nSPS) is 22.3. The molecule has 3 rings (SSSR count). The molecular formula is C16H27N5O3S. The summed E-state index contributed by atoms with van der Waals surface area (Å²) in [5.74, 6) is 0.118. The summed E-state index contributed by atoms with van der Waals surface area (Å²) in [5.41, 5.74) is 1.64. The molecule has 0 radical (unpaired) electrons. The van der Waals surface area contributed by atoms with E-state index in [2.05, 4.69) is 29.2 Å². The lowest BCUT2D eigenvalue weighted by molar-refractivity contribution is -0.124. The number of fused-ring (bicyclic) bond motifs is 1. The molecule has 0 unspecified atom stereocenters. The summed E-state index contributed by atoms with van der Waals surface area (Å²) in [7, 11) is -3.19. The Bertz CT molecular complexity index is 743. The SMILES string of the molecule is CC(C)N1CC[C@H](C(=O)NCc2cc3n(n2)CCN(S(C)(=O)=O)C3)C1. The van der Waals surface area contributed by atoms with Crippen molar-refractivity contribution in [3.8, 4) is 0 Å². The van der Waals surface area contributed by atoms with Crippen LogP contribution in [0.5, 0.6) is 0 Å². The van der Waals surface area contributed by atoms with E-state index in [9.17, 15) is 13.2 Å². The largest absolute Gasteiger partial charge is 0.350 e. The average molecular weight is 369 g/mol. The summed E-state index contributed by atoms with van der Waals surface area (Å²) >= 11 is 0. The molecule has 1 saturated heterocycles. The van der Waals surface area contributed by atoms with E-state index in [4.69, 9.17) is 0 Å². The van der Waals surface area contributed by atoms with Crippen molar-refractivity contribution in [2.24, 2.45) is 5.92 Å². The Morgan fingerprint density at radius 2 is 2.12 bits per heavy atom. The zero-order chi connectivity index (χ0) is 18.2. The first-order valence-electron chi connectivity index (χ1n) is 8.76. The molecule has 1 fully saturated rings. The number of hydrogen-bond acceptors (Lipinski definition) is 5. The van der Waals surface area contributed by atoms with Crippen molar-refractivity contribution in [3.63, 3.8) is 0 Å². The highest BCUT2D eigenvalue weighted by Crippen LogP contribution is 2.19. The molecule has 0 saturated carbocycles. The van der Waals surface area contributed by atoms with E-state index >= 15 is 0 Å².